The number of methoxy groups -OCH3 is 1. The van der Waals surface area contributed by atoms with Gasteiger partial charge in [0.2, 0.25) is 0 Å². The second-order valence-electron chi connectivity index (χ2n) is 9.00. The van der Waals surface area contributed by atoms with Crippen molar-refractivity contribution in [2.45, 2.75) is 65.5 Å². The Hall–Kier alpha value is -2.49. The number of hydrogen-bond acceptors (Lipinski definition) is 3. The fraction of sp³-hybridized carbons (Fsp3) is 0.480. The molecule has 0 saturated carbocycles. The number of hydrogen-bond donors (Lipinski definition) is 1. The predicted octanol–water partition coefficient (Wildman–Crippen LogP) is 5.66. The minimum Gasteiger partial charge on any atom is -0.497 e. The molecule has 158 valence electrons. The predicted molar refractivity (Wildman–Crippen MR) is 119 cm³/mol. The topological polar surface area (TPSA) is 47.6 Å². The van der Waals surface area contributed by atoms with E-state index in [4.69, 9.17) is 9.47 Å². The van der Waals surface area contributed by atoms with Gasteiger partial charge in [0.05, 0.1) is 13.2 Å². The smallest absolute Gasteiger partial charge is 0.261 e. The molecule has 29 heavy (non-hydrogen) atoms. The molecule has 1 N–H and O–H groups in total. The van der Waals surface area contributed by atoms with Gasteiger partial charge in [-0.3, -0.25) is 4.79 Å². The molecule has 2 aromatic carbocycles. The minimum absolute atomic E-state index is 0.0669. The van der Waals surface area contributed by atoms with Crippen LogP contribution in [0.3, 0.4) is 0 Å². The van der Waals surface area contributed by atoms with Crippen LogP contribution in [-0.2, 0) is 10.2 Å². The summed E-state index contributed by atoms with van der Waals surface area (Å²) in [4.78, 5) is 12.8. The SMILES string of the molecule is COc1ccc([C@@H](CC(C)C)NC(=O)[C@H](C)Oc2ccc(C(C)(C)C)cc2)cc1. The fourth-order valence-corrected chi connectivity index (χ4v) is 3.17. The summed E-state index contributed by atoms with van der Waals surface area (Å²) in [6, 6.07) is 15.8. The average molecular weight is 398 g/mol. The van der Waals surface area contributed by atoms with Crippen LogP contribution in [0.15, 0.2) is 48.5 Å². The summed E-state index contributed by atoms with van der Waals surface area (Å²) in [6.45, 7) is 12.6. The highest BCUT2D eigenvalue weighted by atomic mass is 16.5. The summed E-state index contributed by atoms with van der Waals surface area (Å²) >= 11 is 0. The van der Waals surface area contributed by atoms with E-state index in [-0.39, 0.29) is 17.4 Å². The molecule has 0 aliphatic heterocycles. The zero-order chi connectivity index (χ0) is 21.6. The third kappa shape index (κ3) is 6.81. The van der Waals surface area contributed by atoms with E-state index in [9.17, 15) is 4.79 Å². The highest BCUT2D eigenvalue weighted by molar-refractivity contribution is 5.81. The highest BCUT2D eigenvalue weighted by Gasteiger charge is 2.22. The number of carbonyl (C=O) groups excluding carboxylic acids is 1. The molecule has 4 heteroatoms. The molecule has 0 saturated heterocycles. The lowest BCUT2D eigenvalue weighted by molar-refractivity contribution is -0.128. The molecule has 0 spiro atoms. The number of carbonyl (C=O) groups is 1. The van der Waals surface area contributed by atoms with E-state index >= 15 is 0 Å². The summed E-state index contributed by atoms with van der Waals surface area (Å²) in [6.07, 6.45) is 0.272. The van der Waals surface area contributed by atoms with Gasteiger partial charge < -0.3 is 14.8 Å². The first kappa shape index (κ1) is 22.8. The number of nitrogens with one attached hydrogen (secondary N) is 1. The van der Waals surface area contributed by atoms with Gasteiger partial charge in [-0.15, -0.1) is 0 Å². The first-order chi connectivity index (χ1) is 13.6. The quantitative estimate of drug-likeness (QED) is 0.625. The number of rotatable bonds is 8. The summed E-state index contributed by atoms with van der Waals surface area (Å²) in [5.41, 5.74) is 2.39. The molecule has 2 atom stereocenters. The minimum atomic E-state index is -0.580. The Morgan fingerprint density at radius 3 is 1.97 bits per heavy atom. The average Bonchev–Trinajstić information content (AvgIpc) is 2.66. The largest absolute Gasteiger partial charge is 0.497 e. The Morgan fingerprint density at radius 1 is 0.931 bits per heavy atom. The Balaban J connectivity index is 2.05. The van der Waals surface area contributed by atoms with Gasteiger partial charge >= 0.3 is 0 Å². The van der Waals surface area contributed by atoms with Gasteiger partial charge in [0, 0.05) is 0 Å². The summed E-state index contributed by atoms with van der Waals surface area (Å²) in [5, 5.41) is 3.15. The van der Waals surface area contributed by atoms with Crippen LogP contribution in [0, 0.1) is 5.92 Å². The van der Waals surface area contributed by atoms with Crippen LogP contribution in [-0.4, -0.2) is 19.1 Å². The lowest BCUT2D eigenvalue weighted by Gasteiger charge is -2.24. The lowest BCUT2D eigenvalue weighted by atomic mass is 9.87. The van der Waals surface area contributed by atoms with Gasteiger partial charge in [-0.25, -0.2) is 0 Å². The van der Waals surface area contributed by atoms with Crippen LogP contribution in [0.1, 0.15) is 65.1 Å². The molecule has 0 heterocycles. The van der Waals surface area contributed by atoms with Gasteiger partial charge in [-0.05, 0) is 60.1 Å². The van der Waals surface area contributed by atoms with E-state index in [2.05, 4.69) is 52.1 Å². The molecule has 0 aliphatic rings. The molecule has 2 rings (SSSR count). The molecule has 4 nitrogen and oxygen atoms in total. The van der Waals surface area contributed by atoms with Gasteiger partial charge in [-0.2, -0.15) is 0 Å². The highest BCUT2D eigenvalue weighted by Crippen LogP contribution is 2.26. The van der Waals surface area contributed by atoms with E-state index in [1.54, 1.807) is 14.0 Å². The Bertz CT molecular complexity index is 773. The van der Waals surface area contributed by atoms with Crippen molar-refractivity contribution in [1.82, 2.24) is 5.32 Å². The lowest BCUT2D eigenvalue weighted by Crippen LogP contribution is -2.39. The maximum atomic E-state index is 12.8. The number of benzene rings is 2. The maximum absolute atomic E-state index is 12.8. The van der Waals surface area contributed by atoms with Gasteiger partial charge in [0.15, 0.2) is 6.10 Å². The van der Waals surface area contributed by atoms with E-state index in [1.807, 2.05) is 36.4 Å². The van der Waals surface area contributed by atoms with E-state index in [0.29, 0.717) is 11.7 Å². The molecule has 2 aromatic rings. The number of amides is 1. The molecule has 0 fully saturated rings. The Morgan fingerprint density at radius 2 is 1.48 bits per heavy atom. The van der Waals surface area contributed by atoms with Crippen molar-refractivity contribution >= 4 is 5.91 Å². The van der Waals surface area contributed by atoms with Gasteiger partial charge in [-0.1, -0.05) is 58.9 Å². The van der Waals surface area contributed by atoms with Crippen molar-refractivity contribution in [3.8, 4) is 11.5 Å². The first-order valence-electron chi connectivity index (χ1n) is 10.3. The summed E-state index contributed by atoms with van der Waals surface area (Å²) in [5.74, 6) is 1.83. The monoisotopic (exact) mass is 397 g/mol. The van der Waals surface area contributed by atoms with Gasteiger partial charge in [0.25, 0.3) is 5.91 Å². The molecule has 0 bridgehead atoms. The third-order valence-corrected chi connectivity index (χ3v) is 4.94. The van der Waals surface area contributed by atoms with Crippen molar-refractivity contribution in [2.24, 2.45) is 5.92 Å². The van der Waals surface area contributed by atoms with Crippen molar-refractivity contribution in [2.75, 3.05) is 7.11 Å². The standard InChI is InChI=1S/C25H35NO3/c1-17(2)16-23(19-8-12-21(28-7)13-9-19)26-24(27)18(3)29-22-14-10-20(11-15-22)25(4,5)6/h8-15,17-18,23H,16H2,1-7H3,(H,26,27)/t18-,23+/m0/s1. The second kappa shape index (κ2) is 9.82. The van der Waals surface area contributed by atoms with Gasteiger partial charge in [0.1, 0.15) is 11.5 Å². The third-order valence-electron chi connectivity index (χ3n) is 4.94. The van der Waals surface area contributed by atoms with E-state index < -0.39 is 6.10 Å². The fourth-order valence-electron chi connectivity index (χ4n) is 3.17. The van der Waals surface area contributed by atoms with Crippen LogP contribution in [0.2, 0.25) is 0 Å². The van der Waals surface area contributed by atoms with Crippen LogP contribution in [0.25, 0.3) is 0 Å². The Kier molecular flexibility index (Phi) is 7.72. The maximum Gasteiger partial charge on any atom is 0.261 e. The van der Waals surface area contributed by atoms with Crippen LogP contribution >= 0.6 is 0 Å². The second-order valence-corrected chi connectivity index (χ2v) is 9.00. The molecular formula is C25H35NO3. The summed E-state index contributed by atoms with van der Waals surface area (Å²) < 4.78 is 11.1. The van der Waals surface area contributed by atoms with E-state index in [0.717, 1.165) is 17.7 Å². The van der Waals surface area contributed by atoms with Crippen molar-refractivity contribution in [1.29, 1.82) is 0 Å². The first-order valence-corrected chi connectivity index (χ1v) is 10.3. The number of ether oxygens (including phenoxy) is 2. The molecule has 0 aromatic heterocycles. The van der Waals surface area contributed by atoms with Crippen molar-refractivity contribution in [3.63, 3.8) is 0 Å². The molecule has 0 unspecified atom stereocenters. The van der Waals surface area contributed by atoms with Crippen molar-refractivity contribution < 1.29 is 14.3 Å². The molecular weight excluding hydrogens is 362 g/mol. The zero-order valence-corrected chi connectivity index (χ0v) is 18.8. The van der Waals surface area contributed by atoms with Crippen LogP contribution < -0.4 is 14.8 Å². The van der Waals surface area contributed by atoms with Crippen molar-refractivity contribution in [3.05, 3.63) is 59.7 Å². The zero-order valence-electron chi connectivity index (χ0n) is 18.8. The van der Waals surface area contributed by atoms with Crippen LogP contribution in [0.5, 0.6) is 11.5 Å². The molecule has 0 aliphatic carbocycles. The Labute approximate surface area is 175 Å². The normalized spacial score (nSPS) is 13.7. The van der Waals surface area contributed by atoms with Crippen LogP contribution in [0.4, 0.5) is 0 Å². The molecule has 1 amide bonds. The summed E-state index contributed by atoms with van der Waals surface area (Å²) in [7, 11) is 1.65. The van der Waals surface area contributed by atoms with E-state index in [1.165, 1.54) is 5.56 Å². The molecule has 0 radical (unpaired) electrons.